The molecule has 1 heterocycles. The molecule has 1 aromatic heterocycles. The van der Waals surface area contributed by atoms with Gasteiger partial charge in [-0.25, -0.2) is 4.98 Å². The Balaban J connectivity index is 2.94. The topological polar surface area (TPSA) is 17.8 Å². The molecule has 9 heavy (non-hydrogen) atoms. The highest BCUT2D eigenvalue weighted by atomic mass is 15.1. The zero-order valence-electron chi connectivity index (χ0n) is 6.13. The fourth-order valence-corrected chi connectivity index (χ4v) is 0.911. The number of aromatic nitrogens is 2. The fourth-order valence-electron chi connectivity index (χ4n) is 0.911. The summed E-state index contributed by atoms with van der Waals surface area (Å²) in [5.41, 5.74) is 1.23. The second-order valence-electron chi connectivity index (χ2n) is 2.54. The molecule has 0 amide bonds. The van der Waals surface area contributed by atoms with Gasteiger partial charge >= 0.3 is 0 Å². The summed E-state index contributed by atoms with van der Waals surface area (Å²) in [5.74, 6) is 0. The molecule has 0 bridgehead atoms. The van der Waals surface area contributed by atoms with E-state index in [1.807, 2.05) is 12.5 Å². The van der Waals surface area contributed by atoms with Gasteiger partial charge in [-0.05, 0) is 20.8 Å². The van der Waals surface area contributed by atoms with Gasteiger partial charge in [0.1, 0.15) is 0 Å². The lowest BCUT2D eigenvalue weighted by molar-refractivity contribution is 0.585. The molecule has 0 fully saturated rings. The summed E-state index contributed by atoms with van der Waals surface area (Å²) in [6.07, 6.45) is 3.74. The zero-order chi connectivity index (χ0) is 6.85. The van der Waals surface area contributed by atoms with Crippen molar-refractivity contribution in [3.8, 4) is 0 Å². The van der Waals surface area contributed by atoms with Crippen LogP contribution in [-0.4, -0.2) is 9.55 Å². The van der Waals surface area contributed by atoms with Gasteiger partial charge in [0.15, 0.2) is 0 Å². The summed E-state index contributed by atoms with van der Waals surface area (Å²) in [5, 5.41) is 0. The highest BCUT2D eigenvalue weighted by Gasteiger charge is 1.97. The molecular weight excluding hydrogens is 112 g/mol. The molecule has 0 N–H and O–H groups in total. The van der Waals surface area contributed by atoms with E-state index in [0.717, 1.165) is 0 Å². The normalized spacial score (nSPS) is 10.7. The van der Waals surface area contributed by atoms with Crippen LogP contribution >= 0.6 is 0 Å². The summed E-state index contributed by atoms with van der Waals surface area (Å²) in [6.45, 7) is 6.36. The van der Waals surface area contributed by atoms with Crippen LogP contribution in [0.1, 0.15) is 25.6 Å². The first-order valence-corrected chi connectivity index (χ1v) is 3.20. The van der Waals surface area contributed by atoms with Gasteiger partial charge < -0.3 is 4.57 Å². The van der Waals surface area contributed by atoms with Crippen molar-refractivity contribution in [3.05, 3.63) is 18.2 Å². The lowest BCUT2D eigenvalue weighted by Gasteiger charge is -2.07. The first-order valence-electron chi connectivity index (χ1n) is 3.20. The lowest BCUT2D eigenvalue weighted by Crippen LogP contribution is -1.99. The van der Waals surface area contributed by atoms with E-state index >= 15 is 0 Å². The highest BCUT2D eigenvalue weighted by molar-refractivity contribution is 4.95. The van der Waals surface area contributed by atoms with Gasteiger partial charge in [0.25, 0.3) is 0 Å². The van der Waals surface area contributed by atoms with Crippen molar-refractivity contribution in [2.45, 2.75) is 26.8 Å². The van der Waals surface area contributed by atoms with Crippen LogP contribution in [-0.2, 0) is 0 Å². The number of hydrogen-bond donors (Lipinski definition) is 0. The summed E-state index contributed by atoms with van der Waals surface area (Å²) in [6, 6.07) is 0.535. The van der Waals surface area contributed by atoms with Crippen LogP contribution in [0.4, 0.5) is 0 Å². The third kappa shape index (κ3) is 1.12. The lowest BCUT2D eigenvalue weighted by atomic mass is 10.4. The standard InChI is InChI=1S/C7H12N2/c1-6(2)9-5-8-4-7(9)3/h4-6H,1-3H3. The molecule has 0 saturated heterocycles. The van der Waals surface area contributed by atoms with E-state index in [1.165, 1.54) is 5.69 Å². The minimum atomic E-state index is 0.535. The maximum atomic E-state index is 4.01. The molecular formula is C7H12N2. The summed E-state index contributed by atoms with van der Waals surface area (Å²) in [7, 11) is 0. The Morgan fingerprint density at radius 2 is 2.22 bits per heavy atom. The summed E-state index contributed by atoms with van der Waals surface area (Å²) in [4.78, 5) is 4.01. The van der Waals surface area contributed by atoms with E-state index in [2.05, 4.69) is 30.3 Å². The van der Waals surface area contributed by atoms with Crippen molar-refractivity contribution in [2.24, 2.45) is 0 Å². The Hall–Kier alpha value is -0.790. The molecule has 0 aromatic carbocycles. The molecule has 0 aliphatic rings. The number of hydrogen-bond acceptors (Lipinski definition) is 1. The molecule has 0 saturated carbocycles. The molecule has 2 nitrogen and oxygen atoms in total. The predicted octanol–water partition coefficient (Wildman–Crippen LogP) is 1.77. The van der Waals surface area contributed by atoms with Crippen molar-refractivity contribution in [1.82, 2.24) is 9.55 Å². The van der Waals surface area contributed by atoms with Gasteiger partial charge in [0.2, 0.25) is 0 Å². The molecule has 0 spiro atoms. The minimum absolute atomic E-state index is 0.535. The minimum Gasteiger partial charge on any atom is -0.332 e. The Morgan fingerprint density at radius 3 is 2.44 bits per heavy atom. The third-order valence-electron chi connectivity index (χ3n) is 1.42. The largest absolute Gasteiger partial charge is 0.332 e. The average molecular weight is 124 g/mol. The highest BCUT2D eigenvalue weighted by Crippen LogP contribution is 2.05. The number of imidazole rings is 1. The van der Waals surface area contributed by atoms with Crippen LogP contribution in [0, 0.1) is 6.92 Å². The summed E-state index contributed by atoms with van der Waals surface area (Å²) >= 11 is 0. The van der Waals surface area contributed by atoms with E-state index in [4.69, 9.17) is 0 Å². The second-order valence-corrected chi connectivity index (χ2v) is 2.54. The van der Waals surface area contributed by atoms with Crippen molar-refractivity contribution < 1.29 is 0 Å². The molecule has 0 aliphatic heterocycles. The van der Waals surface area contributed by atoms with Crippen LogP contribution < -0.4 is 0 Å². The van der Waals surface area contributed by atoms with Crippen LogP contribution in [0.2, 0.25) is 0 Å². The second kappa shape index (κ2) is 2.21. The molecule has 0 atom stereocenters. The van der Waals surface area contributed by atoms with E-state index in [1.54, 1.807) is 0 Å². The molecule has 0 radical (unpaired) electrons. The van der Waals surface area contributed by atoms with Crippen molar-refractivity contribution in [1.29, 1.82) is 0 Å². The van der Waals surface area contributed by atoms with Gasteiger partial charge in [-0.3, -0.25) is 0 Å². The van der Waals surface area contributed by atoms with Crippen molar-refractivity contribution in [3.63, 3.8) is 0 Å². The van der Waals surface area contributed by atoms with Crippen molar-refractivity contribution >= 4 is 0 Å². The molecule has 0 aliphatic carbocycles. The SMILES string of the molecule is Cc1cncn1C(C)C. The molecule has 50 valence electrons. The quantitative estimate of drug-likeness (QED) is 0.558. The van der Waals surface area contributed by atoms with Gasteiger partial charge in [0, 0.05) is 17.9 Å². The average Bonchev–Trinajstić information content (AvgIpc) is 2.13. The van der Waals surface area contributed by atoms with Crippen LogP contribution in [0.25, 0.3) is 0 Å². The number of aryl methyl sites for hydroxylation is 1. The number of rotatable bonds is 1. The fraction of sp³-hybridized carbons (Fsp3) is 0.571. The zero-order valence-corrected chi connectivity index (χ0v) is 6.13. The molecule has 1 rings (SSSR count). The Morgan fingerprint density at radius 1 is 1.56 bits per heavy atom. The predicted molar refractivity (Wildman–Crippen MR) is 37.3 cm³/mol. The van der Waals surface area contributed by atoms with E-state index in [9.17, 15) is 0 Å². The van der Waals surface area contributed by atoms with Gasteiger partial charge in [-0.1, -0.05) is 0 Å². The van der Waals surface area contributed by atoms with Gasteiger partial charge in [-0.2, -0.15) is 0 Å². The smallest absolute Gasteiger partial charge is 0.0950 e. The van der Waals surface area contributed by atoms with Gasteiger partial charge in [0.05, 0.1) is 6.33 Å². The Kier molecular flexibility index (Phi) is 1.56. The Labute approximate surface area is 55.5 Å². The molecule has 0 unspecified atom stereocenters. The maximum Gasteiger partial charge on any atom is 0.0950 e. The van der Waals surface area contributed by atoms with E-state index < -0.39 is 0 Å². The van der Waals surface area contributed by atoms with E-state index in [0.29, 0.717) is 6.04 Å². The monoisotopic (exact) mass is 124 g/mol. The van der Waals surface area contributed by atoms with Crippen LogP contribution in [0.3, 0.4) is 0 Å². The number of nitrogens with zero attached hydrogens (tertiary/aromatic N) is 2. The molecule has 2 heteroatoms. The Bertz CT molecular complexity index is 189. The van der Waals surface area contributed by atoms with Crippen LogP contribution in [0.15, 0.2) is 12.5 Å². The van der Waals surface area contributed by atoms with Crippen LogP contribution in [0.5, 0.6) is 0 Å². The first kappa shape index (κ1) is 6.33. The van der Waals surface area contributed by atoms with Gasteiger partial charge in [-0.15, -0.1) is 0 Å². The van der Waals surface area contributed by atoms with Crippen molar-refractivity contribution in [2.75, 3.05) is 0 Å². The van der Waals surface area contributed by atoms with E-state index in [-0.39, 0.29) is 0 Å². The maximum absolute atomic E-state index is 4.01. The first-order chi connectivity index (χ1) is 4.22. The third-order valence-corrected chi connectivity index (χ3v) is 1.42. The molecule has 1 aromatic rings. The summed E-state index contributed by atoms with van der Waals surface area (Å²) < 4.78 is 2.14.